The predicted octanol–water partition coefficient (Wildman–Crippen LogP) is 0.990. The molecule has 0 saturated carbocycles. The van der Waals surface area contributed by atoms with Crippen molar-refractivity contribution in [3.8, 4) is 0 Å². The molecule has 1 rings (SSSR count). The van der Waals surface area contributed by atoms with E-state index in [1.54, 1.807) is 19.9 Å². The van der Waals surface area contributed by atoms with Gasteiger partial charge in [-0.2, -0.15) is 5.10 Å². The summed E-state index contributed by atoms with van der Waals surface area (Å²) in [6.45, 7) is 3.71. The number of aliphatic imine (C=N–C) groups is 1. The number of amides is 2. The number of rotatable bonds is 2. The Morgan fingerprint density at radius 3 is 2.61 bits per heavy atom. The summed E-state index contributed by atoms with van der Waals surface area (Å²) in [6.07, 6.45) is 1.45. The van der Waals surface area contributed by atoms with Gasteiger partial charge in [-0.15, -0.1) is 4.99 Å². The van der Waals surface area contributed by atoms with Crippen LogP contribution in [0.25, 0.3) is 0 Å². The van der Waals surface area contributed by atoms with Crippen molar-refractivity contribution >= 4 is 18.1 Å². The van der Waals surface area contributed by atoms with Gasteiger partial charge < -0.3 is 9.47 Å². The Labute approximate surface area is 104 Å². The molecule has 0 aliphatic heterocycles. The summed E-state index contributed by atoms with van der Waals surface area (Å²) in [6, 6.07) is 1.62. The molecule has 8 nitrogen and oxygen atoms in total. The van der Waals surface area contributed by atoms with Crippen LogP contribution in [-0.4, -0.2) is 41.1 Å². The molecule has 0 aromatic carbocycles. The molecule has 18 heavy (non-hydrogen) atoms. The van der Waals surface area contributed by atoms with Crippen molar-refractivity contribution in [3.63, 3.8) is 0 Å². The highest BCUT2D eigenvalue weighted by molar-refractivity contribution is 5.99. The van der Waals surface area contributed by atoms with Crippen LogP contribution in [0.1, 0.15) is 13.8 Å². The van der Waals surface area contributed by atoms with Gasteiger partial charge in [0.1, 0.15) is 0 Å². The number of hydrogen-bond donors (Lipinski definition) is 1. The van der Waals surface area contributed by atoms with Crippen molar-refractivity contribution in [2.75, 3.05) is 13.2 Å². The Kier molecular flexibility index (Phi) is 5.36. The van der Waals surface area contributed by atoms with Gasteiger partial charge in [0.05, 0.1) is 13.2 Å². The third-order valence-corrected chi connectivity index (χ3v) is 1.68. The van der Waals surface area contributed by atoms with E-state index in [9.17, 15) is 9.59 Å². The largest absolute Gasteiger partial charge is 0.450 e. The summed E-state index contributed by atoms with van der Waals surface area (Å²) in [5.74, 6) is -0.0862. The average molecular weight is 254 g/mol. The lowest BCUT2D eigenvalue weighted by molar-refractivity contribution is 0.157. The van der Waals surface area contributed by atoms with E-state index in [0.29, 0.717) is 0 Å². The molecule has 0 saturated heterocycles. The Morgan fingerprint density at radius 1 is 1.33 bits per heavy atom. The third-order valence-electron chi connectivity index (χ3n) is 1.68. The summed E-state index contributed by atoms with van der Waals surface area (Å²) >= 11 is 0. The Morgan fingerprint density at radius 2 is 2.06 bits per heavy atom. The second-order valence-electron chi connectivity index (χ2n) is 2.93. The SMILES string of the molecule is CCOC(=O)N=C(NC(=O)OCC)n1cccn1. The van der Waals surface area contributed by atoms with Crippen LogP contribution in [0.15, 0.2) is 23.5 Å². The molecule has 1 aromatic rings. The van der Waals surface area contributed by atoms with E-state index in [4.69, 9.17) is 0 Å². The van der Waals surface area contributed by atoms with E-state index in [0.717, 1.165) is 0 Å². The first-order valence-electron chi connectivity index (χ1n) is 5.36. The standard InChI is InChI=1S/C10H14N4O4/c1-3-17-9(15)12-8(13-10(16)18-4-2)14-7-5-6-11-14/h5-7H,3-4H2,1-2H3,(H,12,13,15,16). The number of nitrogens with zero attached hydrogens (tertiary/aromatic N) is 3. The van der Waals surface area contributed by atoms with Gasteiger partial charge >= 0.3 is 12.2 Å². The molecular formula is C10H14N4O4. The van der Waals surface area contributed by atoms with Crippen molar-refractivity contribution in [1.82, 2.24) is 15.1 Å². The molecule has 1 N–H and O–H groups in total. The van der Waals surface area contributed by atoms with Gasteiger partial charge in [-0.25, -0.2) is 14.3 Å². The van der Waals surface area contributed by atoms with E-state index in [2.05, 4.69) is 24.9 Å². The molecule has 0 unspecified atom stereocenters. The average Bonchev–Trinajstić information content (AvgIpc) is 2.82. The number of carbonyl (C=O) groups excluding carboxylic acids is 2. The summed E-state index contributed by atoms with van der Waals surface area (Å²) in [7, 11) is 0. The van der Waals surface area contributed by atoms with Crippen LogP contribution in [0.3, 0.4) is 0 Å². The first kappa shape index (κ1) is 13.7. The van der Waals surface area contributed by atoms with Crippen molar-refractivity contribution in [2.45, 2.75) is 13.8 Å². The van der Waals surface area contributed by atoms with Crippen molar-refractivity contribution < 1.29 is 19.1 Å². The lowest BCUT2D eigenvalue weighted by Gasteiger charge is -2.07. The van der Waals surface area contributed by atoms with E-state index < -0.39 is 12.2 Å². The monoisotopic (exact) mass is 254 g/mol. The molecule has 0 spiro atoms. The lowest BCUT2D eigenvalue weighted by Crippen LogP contribution is -2.37. The summed E-state index contributed by atoms with van der Waals surface area (Å²) < 4.78 is 10.6. The van der Waals surface area contributed by atoms with Crippen molar-refractivity contribution in [2.24, 2.45) is 4.99 Å². The Bertz CT molecular complexity index is 427. The Hall–Kier alpha value is -2.38. The lowest BCUT2D eigenvalue weighted by atomic mass is 10.7. The number of carbonyl (C=O) groups is 2. The quantitative estimate of drug-likeness (QED) is 0.627. The van der Waals surface area contributed by atoms with Gasteiger partial charge in [-0.05, 0) is 19.9 Å². The molecule has 0 aliphatic rings. The zero-order valence-corrected chi connectivity index (χ0v) is 10.1. The smallest absolute Gasteiger partial charge is 0.436 e. The van der Waals surface area contributed by atoms with Crippen LogP contribution in [-0.2, 0) is 9.47 Å². The van der Waals surface area contributed by atoms with Crippen molar-refractivity contribution in [1.29, 1.82) is 0 Å². The third kappa shape index (κ3) is 4.24. The molecule has 8 heteroatoms. The maximum Gasteiger partial charge on any atom is 0.436 e. The minimum atomic E-state index is -0.820. The molecule has 1 aromatic heterocycles. The van der Waals surface area contributed by atoms with Crippen LogP contribution in [0.5, 0.6) is 0 Å². The fourth-order valence-corrected chi connectivity index (χ4v) is 1.03. The number of nitrogens with one attached hydrogen (secondary N) is 1. The maximum absolute atomic E-state index is 11.3. The molecule has 0 aliphatic carbocycles. The zero-order valence-electron chi connectivity index (χ0n) is 10.1. The minimum Gasteiger partial charge on any atom is -0.450 e. The Balaban J connectivity index is 2.82. The number of aromatic nitrogens is 2. The summed E-state index contributed by atoms with van der Waals surface area (Å²) in [4.78, 5) is 26.1. The van der Waals surface area contributed by atoms with Gasteiger partial charge in [-0.3, -0.25) is 5.32 Å². The highest BCUT2D eigenvalue weighted by atomic mass is 16.6. The molecule has 98 valence electrons. The van der Waals surface area contributed by atoms with Gasteiger partial charge in [0, 0.05) is 12.4 Å². The van der Waals surface area contributed by atoms with E-state index >= 15 is 0 Å². The first-order chi connectivity index (χ1) is 8.67. The van der Waals surface area contributed by atoms with Crippen LogP contribution in [0.4, 0.5) is 9.59 Å². The minimum absolute atomic E-state index is 0.0862. The molecular weight excluding hydrogens is 240 g/mol. The summed E-state index contributed by atoms with van der Waals surface area (Å²) in [5.41, 5.74) is 0. The van der Waals surface area contributed by atoms with Crippen molar-refractivity contribution in [3.05, 3.63) is 18.5 Å². The number of ether oxygens (including phenoxy) is 2. The molecule has 1 heterocycles. The van der Waals surface area contributed by atoms with Crippen LogP contribution >= 0.6 is 0 Å². The predicted molar refractivity (Wildman–Crippen MR) is 62.2 cm³/mol. The maximum atomic E-state index is 11.3. The first-order valence-corrected chi connectivity index (χ1v) is 5.36. The topological polar surface area (TPSA) is 94.8 Å². The highest BCUT2D eigenvalue weighted by Crippen LogP contribution is 1.90. The molecule has 0 bridgehead atoms. The van der Waals surface area contributed by atoms with Crippen LogP contribution in [0.2, 0.25) is 0 Å². The van der Waals surface area contributed by atoms with E-state index in [-0.39, 0.29) is 19.2 Å². The number of hydrogen-bond acceptors (Lipinski definition) is 5. The van der Waals surface area contributed by atoms with E-state index in [1.165, 1.54) is 17.1 Å². The fourth-order valence-electron chi connectivity index (χ4n) is 1.03. The van der Waals surface area contributed by atoms with Gasteiger partial charge in [-0.1, -0.05) is 0 Å². The number of alkyl carbamates (subject to hydrolysis) is 1. The highest BCUT2D eigenvalue weighted by Gasteiger charge is 2.11. The molecule has 0 radical (unpaired) electrons. The van der Waals surface area contributed by atoms with Crippen LogP contribution < -0.4 is 5.32 Å². The fraction of sp³-hybridized carbons (Fsp3) is 0.400. The van der Waals surface area contributed by atoms with Gasteiger partial charge in [0.2, 0.25) is 5.96 Å². The molecule has 0 fully saturated rings. The molecule has 0 atom stereocenters. The second kappa shape index (κ2) is 7.05. The zero-order chi connectivity index (χ0) is 13.4. The van der Waals surface area contributed by atoms with Gasteiger partial charge in [0.25, 0.3) is 0 Å². The van der Waals surface area contributed by atoms with E-state index in [1.807, 2.05) is 0 Å². The second-order valence-corrected chi connectivity index (χ2v) is 2.93. The van der Waals surface area contributed by atoms with Crippen LogP contribution in [0, 0.1) is 0 Å². The normalized spacial score (nSPS) is 10.9. The molecule has 2 amide bonds. The van der Waals surface area contributed by atoms with Gasteiger partial charge in [0.15, 0.2) is 0 Å². The summed E-state index contributed by atoms with van der Waals surface area (Å²) in [5, 5.41) is 6.15.